The first-order chi connectivity index (χ1) is 7.75. The molecule has 2 aromatic rings. The molecule has 0 N–H and O–H groups in total. The predicted octanol–water partition coefficient (Wildman–Crippen LogP) is 3.17. The summed E-state index contributed by atoms with van der Waals surface area (Å²) >= 11 is 0. The minimum absolute atomic E-state index is 0.268. The molecule has 0 saturated heterocycles. The third-order valence-corrected chi connectivity index (χ3v) is 2.23. The molecule has 16 heavy (non-hydrogen) atoms. The number of benzene rings is 1. The van der Waals surface area contributed by atoms with Gasteiger partial charge in [0.2, 0.25) is 0 Å². The Labute approximate surface area is 93.5 Å². The summed E-state index contributed by atoms with van der Waals surface area (Å²) < 4.78 is 12.6. The molecule has 2 nitrogen and oxygen atoms in total. The summed E-state index contributed by atoms with van der Waals surface area (Å²) in [5.74, 6) is -0.324. The molecule has 0 aliphatic carbocycles. The van der Waals surface area contributed by atoms with Crippen LogP contribution in [0.25, 0.3) is 11.3 Å². The second kappa shape index (κ2) is 4.66. The molecule has 0 unspecified atom stereocenters. The highest BCUT2D eigenvalue weighted by molar-refractivity contribution is 5.58. The van der Waals surface area contributed by atoms with Gasteiger partial charge in [-0.3, -0.25) is 0 Å². The van der Waals surface area contributed by atoms with E-state index < -0.39 is 0 Å². The molecular formula is C13H11FN2. The molecular weight excluding hydrogens is 203 g/mol. The number of rotatable bonds is 3. The first kappa shape index (κ1) is 10.5. The van der Waals surface area contributed by atoms with Crippen LogP contribution in [-0.4, -0.2) is 9.97 Å². The lowest BCUT2D eigenvalue weighted by Gasteiger charge is -2.02. The Hall–Kier alpha value is -2.03. The Morgan fingerprint density at radius 1 is 1.19 bits per heavy atom. The van der Waals surface area contributed by atoms with Crippen molar-refractivity contribution < 1.29 is 4.39 Å². The van der Waals surface area contributed by atoms with Crippen LogP contribution in [0.3, 0.4) is 0 Å². The average molecular weight is 214 g/mol. The maximum atomic E-state index is 12.6. The van der Waals surface area contributed by atoms with Gasteiger partial charge < -0.3 is 0 Å². The van der Waals surface area contributed by atoms with Gasteiger partial charge in [-0.05, 0) is 11.6 Å². The highest BCUT2D eigenvalue weighted by Crippen LogP contribution is 2.17. The number of halogens is 1. The molecule has 0 saturated carbocycles. The standard InChI is InChI=1S/C13H11FN2/c1-10(14)8-11-2-4-12(5-3-11)13-6-7-15-9-16-13/h2-7,9H,1,8H2. The molecule has 1 aromatic heterocycles. The second-order valence-corrected chi connectivity index (χ2v) is 3.49. The van der Waals surface area contributed by atoms with E-state index in [4.69, 9.17) is 0 Å². The van der Waals surface area contributed by atoms with E-state index in [9.17, 15) is 4.39 Å². The van der Waals surface area contributed by atoms with Crippen LogP contribution in [0, 0.1) is 0 Å². The zero-order valence-electron chi connectivity index (χ0n) is 8.73. The van der Waals surface area contributed by atoms with Crippen LogP contribution in [0.4, 0.5) is 4.39 Å². The molecule has 80 valence electrons. The van der Waals surface area contributed by atoms with Gasteiger partial charge in [-0.1, -0.05) is 30.8 Å². The van der Waals surface area contributed by atoms with Crippen molar-refractivity contribution in [1.82, 2.24) is 9.97 Å². The van der Waals surface area contributed by atoms with Crippen molar-refractivity contribution in [3.63, 3.8) is 0 Å². The largest absolute Gasteiger partial charge is 0.245 e. The smallest absolute Gasteiger partial charge is 0.116 e. The Kier molecular flexibility index (Phi) is 3.05. The Morgan fingerprint density at radius 2 is 1.94 bits per heavy atom. The summed E-state index contributed by atoms with van der Waals surface area (Å²) in [7, 11) is 0. The Morgan fingerprint density at radius 3 is 2.50 bits per heavy atom. The monoisotopic (exact) mass is 214 g/mol. The minimum Gasteiger partial charge on any atom is -0.245 e. The van der Waals surface area contributed by atoms with Crippen LogP contribution in [0.5, 0.6) is 0 Å². The lowest BCUT2D eigenvalue weighted by Crippen LogP contribution is -1.87. The maximum Gasteiger partial charge on any atom is 0.116 e. The molecule has 0 amide bonds. The zero-order chi connectivity index (χ0) is 11.4. The third kappa shape index (κ3) is 2.51. The van der Waals surface area contributed by atoms with E-state index in [1.807, 2.05) is 30.3 Å². The minimum atomic E-state index is -0.324. The van der Waals surface area contributed by atoms with Gasteiger partial charge in [-0.25, -0.2) is 14.4 Å². The topological polar surface area (TPSA) is 25.8 Å². The SMILES string of the molecule is C=C(F)Cc1ccc(-c2ccncn2)cc1. The van der Waals surface area contributed by atoms with E-state index in [1.54, 1.807) is 6.20 Å². The van der Waals surface area contributed by atoms with Gasteiger partial charge in [0, 0.05) is 18.2 Å². The first-order valence-electron chi connectivity index (χ1n) is 4.94. The molecule has 1 heterocycles. The summed E-state index contributed by atoms with van der Waals surface area (Å²) in [5, 5.41) is 0. The number of hydrogen-bond acceptors (Lipinski definition) is 2. The van der Waals surface area contributed by atoms with Crippen LogP contribution in [-0.2, 0) is 6.42 Å². The normalized spacial score (nSPS) is 10.1. The van der Waals surface area contributed by atoms with E-state index in [-0.39, 0.29) is 12.2 Å². The number of aromatic nitrogens is 2. The number of allylic oxidation sites excluding steroid dienone is 1. The number of hydrogen-bond donors (Lipinski definition) is 0. The van der Waals surface area contributed by atoms with Gasteiger partial charge in [-0.15, -0.1) is 0 Å². The highest BCUT2D eigenvalue weighted by atomic mass is 19.1. The fourth-order valence-electron chi connectivity index (χ4n) is 1.48. The number of nitrogens with zero attached hydrogens (tertiary/aromatic N) is 2. The highest BCUT2D eigenvalue weighted by Gasteiger charge is 1.99. The fraction of sp³-hybridized carbons (Fsp3) is 0.0769. The summed E-state index contributed by atoms with van der Waals surface area (Å²) in [6.45, 7) is 3.24. The Bertz CT molecular complexity index is 477. The summed E-state index contributed by atoms with van der Waals surface area (Å²) in [6, 6.07) is 9.43. The fourth-order valence-corrected chi connectivity index (χ4v) is 1.48. The molecule has 1 aromatic carbocycles. The summed E-state index contributed by atoms with van der Waals surface area (Å²) in [5.41, 5.74) is 2.77. The van der Waals surface area contributed by atoms with Gasteiger partial charge in [0.15, 0.2) is 0 Å². The van der Waals surface area contributed by atoms with E-state index in [1.165, 1.54) is 6.33 Å². The molecule has 3 heteroatoms. The van der Waals surface area contributed by atoms with E-state index >= 15 is 0 Å². The van der Waals surface area contributed by atoms with E-state index in [0.29, 0.717) is 0 Å². The first-order valence-corrected chi connectivity index (χ1v) is 4.94. The molecule has 0 atom stereocenters. The molecule has 0 aliphatic rings. The van der Waals surface area contributed by atoms with Gasteiger partial charge in [0.05, 0.1) is 11.5 Å². The lowest BCUT2D eigenvalue weighted by atomic mass is 10.1. The van der Waals surface area contributed by atoms with Crippen LogP contribution in [0.1, 0.15) is 5.56 Å². The summed E-state index contributed by atoms with van der Waals surface area (Å²) in [6.07, 6.45) is 3.47. The van der Waals surface area contributed by atoms with Gasteiger partial charge in [0.25, 0.3) is 0 Å². The van der Waals surface area contributed by atoms with Crippen molar-refractivity contribution in [2.24, 2.45) is 0 Å². The van der Waals surface area contributed by atoms with Crippen molar-refractivity contribution >= 4 is 0 Å². The van der Waals surface area contributed by atoms with E-state index in [0.717, 1.165) is 16.8 Å². The van der Waals surface area contributed by atoms with Crippen LogP contribution in [0.15, 0.2) is 55.3 Å². The maximum absolute atomic E-state index is 12.6. The van der Waals surface area contributed by atoms with Crippen LogP contribution >= 0.6 is 0 Å². The molecule has 0 bridgehead atoms. The van der Waals surface area contributed by atoms with Crippen molar-refractivity contribution in [2.75, 3.05) is 0 Å². The van der Waals surface area contributed by atoms with Crippen molar-refractivity contribution in [3.05, 3.63) is 60.8 Å². The van der Waals surface area contributed by atoms with Gasteiger partial charge in [-0.2, -0.15) is 0 Å². The second-order valence-electron chi connectivity index (χ2n) is 3.49. The average Bonchev–Trinajstić information content (AvgIpc) is 2.30. The van der Waals surface area contributed by atoms with Crippen LogP contribution < -0.4 is 0 Å². The van der Waals surface area contributed by atoms with Crippen LogP contribution in [0.2, 0.25) is 0 Å². The molecule has 0 spiro atoms. The predicted molar refractivity (Wildman–Crippen MR) is 61.4 cm³/mol. The Balaban J connectivity index is 2.23. The van der Waals surface area contributed by atoms with E-state index in [2.05, 4.69) is 16.5 Å². The quantitative estimate of drug-likeness (QED) is 0.784. The van der Waals surface area contributed by atoms with Gasteiger partial charge in [0.1, 0.15) is 6.33 Å². The van der Waals surface area contributed by atoms with Crippen molar-refractivity contribution in [1.29, 1.82) is 0 Å². The molecule has 0 aliphatic heterocycles. The van der Waals surface area contributed by atoms with Crippen molar-refractivity contribution in [3.8, 4) is 11.3 Å². The van der Waals surface area contributed by atoms with Crippen molar-refractivity contribution in [2.45, 2.75) is 6.42 Å². The lowest BCUT2D eigenvalue weighted by molar-refractivity contribution is 0.617. The van der Waals surface area contributed by atoms with Gasteiger partial charge >= 0.3 is 0 Å². The molecule has 0 radical (unpaired) electrons. The summed E-state index contributed by atoms with van der Waals surface area (Å²) in [4.78, 5) is 7.99. The zero-order valence-corrected chi connectivity index (χ0v) is 8.73. The molecule has 2 rings (SSSR count). The third-order valence-electron chi connectivity index (χ3n) is 2.23. The molecule has 0 fully saturated rings.